The van der Waals surface area contributed by atoms with Gasteiger partial charge in [0.25, 0.3) is 0 Å². The van der Waals surface area contributed by atoms with E-state index in [4.69, 9.17) is 4.74 Å². The Bertz CT molecular complexity index is 1310. The second kappa shape index (κ2) is 1.07. The zero-order valence-corrected chi connectivity index (χ0v) is 14.7. The molecule has 1 aromatic rings. The van der Waals surface area contributed by atoms with E-state index in [9.17, 15) is 4.79 Å². The van der Waals surface area contributed by atoms with Gasteiger partial charge in [-0.3, -0.25) is 0 Å². The van der Waals surface area contributed by atoms with Crippen LogP contribution in [0.15, 0.2) is 24.8 Å². The van der Waals surface area contributed by atoms with Gasteiger partial charge >= 0.3 is 131 Å². The van der Waals surface area contributed by atoms with E-state index >= 15 is 0 Å². The van der Waals surface area contributed by atoms with E-state index in [1.807, 2.05) is 12.1 Å². The zero-order chi connectivity index (χ0) is 15.6. The molecular formula is C21H20FeO2. The molecule has 10 fully saturated rings. The van der Waals surface area contributed by atoms with Crippen molar-refractivity contribution in [3.8, 4) is 5.75 Å². The molecule has 0 aliphatic carbocycles. The standard InChI is InChI=1S/C16H15O2.C5H5.Fe/c1-3-14-8-9-16(18-12(2)17)11-15(14)10-13-6-4-5-7-13;1-2-4-5-3-1;/h3-9,11H,1,10H2,2H3;1-5H;. The summed E-state index contributed by atoms with van der Waals surface area (Å²) in [5.41, 5.74) is 2.72. The molecule has 10 heterocycles. The van der Waals surface area contributed by atoms with Gasteiger partial charge in [-0.25, -0.2) is 0 Å². The van der Waals surface area contributed by atoms with E-state index in [-0.39, 0.29) is 5.97 Å². The summed E-state index contributed by atoms with van der Waals surface area (Å²) in [6.45, 7) is 2.52. The summed E-state index contributed by atoms with van der Waals surface area (Å²) in [5.74, 6) is 0.514. The molecule has 4 unspecified atom stereocenters. The summed E-state index contributed by atoms with van der Waals surface area (Å²) >= 11 is 0. The van der Waals surface area contributed by atoms with E-state index in [1.165, 1.54) is 67.8 Å². The molecule has 10 saturated heterocycles. The molecule has 1 aromatic carbocycles. The van der Waals surface area contributed by atoms with Gasteiger partial charge in [0.1, 0.15) is 0 Å². The van der Waals surface area contributed by atoms with Crippen molar-refractivity contribution in [2.45, 2.75) is 61.0 Å². The van der Waals surface area contributed by atoms with Gasteiger partial charge in [-0.05, 0) is 0 Å². The van der Waals surface area contributed by atoms with Gasteiger partial charge in [-0.15, -0.1) is 0 Å². The number of benzene rings is 1. The SMILES string of the molecule is C=Cc1ccc(OC(C)=O)cc1C[C]12[CH]3[CH]4[CH]5[CH]1[Fe]45321678[CH]2[CH]1[CH]6[CH]7[CH]28. The Morgan fingerprint density at radius 3 is 2.21 bits per heavy atom. The van der Waals surface area contributed by atoms with Crippen LogP contribution in [0.25, 0.3) is 6.08 Å². The van der Waals surface area contributed by atoms with Crippen LogP contribution in [0, 0.1) is 0 Å². The van der Waals surface area contributed by atoms with Crippen molar-refractivity contribution in [2.75, 3.05) is 0 Å². The molecule has 10 aliphatic heterocycles. The fourth-order valence-electron chi connectivity index (χ4n) is 18.6. The van der Waals surface area contributed by atoms with Gasteiger partial charge in [0.2, 0.25) is 0 Å². The van der Waals surface area contributed by atoms with Crippen molar-refractivity contribution in [2.24, 2.45) is 0 Å². The molecule has 4 atom stereocenters. The Morgan fingerprint density at radius 2 is 1.79 bits per heavy atom. The third-order valence-electron chi connectivity index (χ3n) is 17.0. The Balaban J connectivity index is 1.18. The molecular weight excluding hydrogens is 340 g/mol. The van der Waals surface area contributed by atoms with Gasteiger partial charge in [0, 0.05) is 0 Å². The van der Waals surface area contributed by atoms with Crippen molar-refractivity contribution in [1.82, 2.24) is 0 Å². The molecule has 0 saturated carbocycles. The van der Waals surface area contributed by atoms with Crippen molar-refractivity contribution in [3.63, 3.8) is 0 Å². The Kier molecular flexibility index (Phi) is 0.453. The number of carbonyl (C=O) groups excluding carboxylic acids is 1. The molecule has 0 amide bonds. The maximum absolute atomic E-state index is 11.4. The first-order valence-corrected chi connectivity index (χ1v) is 15.8. The fourth-order valence-corrected chi connectivity index (χ4v) is 93.4. The molecule has 2 nitrogen and oxygen atoms in total. The van der Waals surface area contributed by atoms with Gasteiger partial charge in [0.05, 0.1) is 0 Å². The summed E-state index contributed by atoms with van der Waals surface area (Å²) < 4.78 is 6.28. The second-order valence-electron chi connectivity index (χ2n) is 12.7. The van der Waals surface area contributed by atoms with Crippen LogP contribution in [0.1, 0.15) is 18.1 Å². The molecule has 124 valence electrons. The van der Waals surface area contributed by atoms with Crippen molar-refractivity contribution >= 4 is 12.0 Å². The summed E-state index contributed by atoms with van der Waals surface area (Å²) in [5, 5.41) is 0. The molecule has 1 spiro atoms. The van der Waals surface area contributed by atoms with Gasteiger partial charge in [-0.1, -0.05) is 0 Å². The normalized spacial score (nSPS) is 87.3. The fraction of sp³-hybridized carbons (Fsp3) is 0.571. The second-order valence-corrected chi connectivity index (χ2v) is 36.3. The van der Waals surface area contributed by atoms with Crippen molar-refractivity contribution in [3.05, 3.63) is 35.9 Å². The minimum atomic E-state index is -3.02. The number of esters is 1. The number of hydrogen-bond donors (Lipinski definition) is 0. The van der Waals surface area contributed by atoms with Gasteiger partial charge < -0.3 is 0 Å². The Labute approximate surface area is 130 Å². The first kappa shape index (κ1) is 10.2. The number of carbonyl (C=O) groups is 1. The monoisotopic (exact) mass is 360 g/mol. The quantitative estimate of drug-likeness (QED) is 0.399. The van der Waals surface area contributed by atoms with Crippen LogP contribution >= 0.6 is 0 Å². The number of ether oxygens (including phenoxy) is 1. The molecule has 11 rings (SSSR count). The summed E-state index contributed by atoms with van der Waals surface area (Å²) in [6, 6.07) is 6.22. The Morgan fingerprint density at radius 1 is 1.17 bits per heavy atom. The first-order chi connectivity index (χ1) is 11.4. The molecule has 0 N–H and O–H groups in total. The summed E-state index contributed by atoms with van der Waals surface area (Å²) in [7, 11) is 0. The van der Waals surface area contributed by atoms with E-state index < -0.39 is 6.51 Å². The minimum absolute atomic E-state index is 0.217. The van der Waals surface area contributed by atoms with E-state index in [1.54, 1.807) is 0 Å². The van der Waals surface area contributed by atoms with E-state index in [0.717, 1.165) is 10.1 Å². The van der Waals surface area contributed by atoms with E-state index in [2.05, 4.69) is 18.7 Å². The molecule has 0 aromatic heterocycles. The topological polar surface area (TPSA) is 26.3 Å². The predicted octanol–water partition coefficient (Wildman–Crippen LogP) is 5.56. The van der Waals surface area contributed by atoms with Crippen LogP contribution in [0.3, 0.4) is 0 Å². The van der Waals surface area contributed by atoms with Crippen LogP contribution in [0.4, 0.5) is 0 Å². The summed E-state index contributed by atoms with van der Waals surface area (Å²) in [6.07, 6.45) is 3.34. The van der Waals surface area contributed by atoms with Gasteiger partial charge in [0.15, 0.2) is 0 Å². The first-order valence-electron chi connectivity index (χ1n) is 9.51. The van der Waals surface area contributed by atoms with Crippen LogP contribution < -0.4 is 4.74 Å². The van der Waals surface area contributed by atoms with Crippen LogP contribution in [0.2, 0.25) is 47.7 Å². The van der Waals surface area contributed by atoms with Crippen molar-refractivity contribution < 1.29 is 16.0 Å². The van der Waals surface area contributed by atoms with E-state index in [0.29, 0.717) is 0 Å². The average molecular weight is 360 g/mol. The number of hydrogen-bond acceptors (Lipinski definition) is 2. The van der Waals surface area contributed by atoms with Crippen LogP contribution in [-0.4, -0.2) is 5.97 Å². The number of rotatable bonds is 4. The maximum atomic E-state index is 11.4. The molecule has 3 heteroatoms. The van der Waals surface area contributed by atoms with Gasteiger partial charge in [-0.2, -0.15) is 0 Å². The van der Waals surface area contributed by atoms with Crippen LogP contribution in [0.5, 0.6) is 5.75 Å². The average Bonchev–Trinajstić information content (AvgIpc) is 3.49. The van der Waals surface area contributed by atoms with Crippen LogP contribution in [-0.2, 0) is 17.7 Å². The zero-order valence-electron chi connectivity index (χ0n) is 13.6. The Hall–Kier alpha value is -1.05. The molecule has 0 radical (unpaired) electrons. The summed E-state index contributed by atoms with van der Waals surface area (Å²) in [4.78, 5) is 23.6. The number of fused-ring (bicyclic) bond motifs is 10. The predicted molar refractivity (Wildman–Crippen MR) is 88.0 cm³/mol. The third-order valence-corrected chi connectivity index (χ3v) is 60.0. The molecule has 24 heavy (non-hydrogen) atoms. The molecule has 10 aliphatic rings. The molecule has 0 bridgehead atoms. The third kappa shape index (κ3) is 0.150. The van der Waals surface area contributed by atoms with Crippen molar-refractivity contribution in [1.29, 1.82) is 0 Å².